The SMILES string of the molecule is CN(C)C(=O)Cn1ccc2cc(NC(=O)N(C)Cc3nc4ccccc4s3)ccc21. The molecule has 2 aromatic carbocycles. The Kier molecular flexibility index (Phi) is 5.41. The number of aromatic nitrogens is 2. The maximum Gasteiger partial charge on any atom is 0.321 e. The molecule has 4 aromatic rings. The van der Waals surface area contributed by atoms with E-state index in [1.165, 1.54) is 0 Å². The van der Waals surface area contributed by atoms with E-state index in [-0.39, 0.29) is 18.5 Å². The van der Waals surface area contributed by atoms with E-state index in [9.17, 15) is 9.59 Å². The van der Waals surface area contributed by atoms with Crippen LogP contribution in [0.3, 0.4) is 0 Å². The Labute approximate surface area is 178 Å². The largest absolute Gasteiger partial charge is 0.347 e. The van der Waals surface area contributed by atoms with Crippen LogP contribution in [0.5, 0.6) is 0 Å². The van der Waals surface area contributed by atoms with Crippen LogP contribution in [0, 0.1) is 0 Å². The van der Waals surface area contributed by atoms with Gasteiger partial charge in [0.2, 0.25) is 5.91 Å². The number of rotatable bonds is 5. The molecule has 0 atom stereocenters. The van der Waals surface area contributed by atoms with Crippen LogP contribution in [0.15, 0.2) is 54.7 Å². The van der Waals surface area contributed by atoms with Crippen LogP contribution in [0.25, 0.3) is 21.1 Å². The summed E-state index contributed by atoms with van der Waals surface area (Å²) in [6.45, 7) is 0.726. The van der Waals surface area contributed by atoms with Gasteiger partial charge in [-0.15, -0.1) is 11.3 Å². The van der Waals surface area contributed by atoms with E-state index in [1.807, 2.05) is 59.3 Å². The van der Waals surface area contributed by atoms with Crippen molar-refractivity contribution in [1.82, 2.24) is 19.4 Å². The van der Waals surface area contributed by atoms with Crippen LogP contribution in [0.4, 0.5) is 10.5 Å². The summed E-state index contributed by atoms with van der Waals surface area (Å²) < 4.78 is 3.02. The first-order chi connectivity index (χ1) is 14.4. The van der Waals surface area contributed by atoms with Gasteiger partial charge in [0.05, 0.1) is 16.8 Å². The van der Waals surface area contributed by atoms with E-state index < -0.39 is 0 Å². The molecule has 154 valence electrons. The van der Waals surface area contributed by atoms with Crippen molar-refractivity contribution in [2.75, 3.05) is 26.5 Å². The molecule has 0 spiro atoms. The number of thiazole rings is 1. The van der Waals surface area contributed by atoms with E-state index in [4.69, 9.17) is 0 Å². The Morgan fingerprint density at radius 3 is 2.67 bits per heavy atom. The average molecular weight is 422 g/mol. The summed E-state index contributed by atoms with van der Waals surface area (Å²) in [5.74, 6) is 0.0290. The van der Waals surface area contributed by atoms with Gasteiger partial charge < -0.3 is 19.7 Å². The van der Waals surface area contributed by atoms with E-state index >= 15 is 0 Å². The number of para-hydroxylation sites is 1. The fraction of sp³-hybridized carbons (Fsp3) is 0.227. The zero-order chi connectivity index (χ0) is 21.3. The highest BCUT2D eigenvalue weighted by molar-refractivity contribution is 7.18. The third-order valence-electron chi connectivity index (χ3n) is 4.88. The number of amides is 3. The van der Waals surface area contributed by atoms with Crippen molar-refractivity contribution in [2.24, 2.45) is 0 Å². The van der Waals surface area contributed by atoms with Gasteiger partial charge in [-0.05, 0) is 36.4 Å². The molecule has 0 saturated carbocycles. The smallest absolute Gasteiger partial charge is 0.321 e. The number of carbonyl (C=O) groups excluding carboxylic acids is 2. The molecule has 0 fully saturated rings. The minimum Gasteiger partial charge on any atom is -0.347 e. The monoisotopic (exact) mass is 421 g/mol. The van der Waals surface area contributed by atoms with Crippen molar-refractivity contribution >= 4 is 50.1 Å². The predicted octanol–water partition coefficient (Wildman–Crippen LogP) is 4.00. The molecule has 2 aromatic heterocycles. The highest BCUT2D eigenvalue weighted by Gasteiger charge is 2.13. The second-order valence-corrected chi connectivity index (χ2v) is 8.48. The van der Waals surface area contributed by atoms with Crippen molar-refractivity contribution in [2.45, 2.75) is 13.1 Å². The molecule has 4 rings (SSSR count). The normalized spacial score (nSPS) is 11.0. The number of benzene rings is 2. The zero-order valence-corrected chi connectivity index (χ0v) is 17.9. The molecule has 0 aliphatic carbocycles. The fourth-order valence-electron chi connectivity index (χ4n) is 3.18. The van der Waals surface area contributed by atoms with Crippen LogP contribution in [0.2, 0.25) is 0 Å². The van der Waals surface area contributed by atoms with E-state index in [1.54, 1.807) is 42.3 Å². The van der Waals surface area contributed by atoms with Crippen molar-refractivity contribution < 1.29 is 9.59 Å². The van der Waals surface area contributed by atoms with Crippen molar-refractivity contribution in [1.29, 1.82) is 0 Å². The second kappa shape index (κ2) is 8.16. The Bertz CT molecular complexity index is 1190. The number of anilines is 1. The maximum absolute atomic E-state index is 12.6. The molecule has 30 heavy (non-hydrogen) atoms. The molecule has 0 radical (unpaired) electrons. The molecular weight excluding hydrogens is 398 g/mol. The molecule has 0 bridgehead atoms. The summed E-state index contributed by atoms with van der Waals surface area (Å²) in [7, 11) is 5.24. The molecular formula is C22H23N5O2S. The minimum absolute atomic E-state index is 0.0290. The fourth-order valence-corrected chi connectivity index (χ4v) is 4.20. The Morgan fingerprint density at radius 1 is 1.10 bits per heavy atom. The number of urea groups is 1. The summed E-state index contributed by atoms with van der Waals surface area (Å²) in [6.07, 6.45) is 1.89. The van der Waals surface area contributed by atoms with Crippen LogP contribution in [0.1, 0.15) is 5.01 Å². The van der Waals surface area contributed by atoms with Crippen molar-refractivity contribution in [3.05, 3.63) is 59.7 Å². The van der Waals surface area contributed by atoms with E-state index in [2.05, 4.69) is 10.3 Å². The van der Waals surface area contributed by atoms with Crippen LogP contribution in [-0.4, -0.2) is 52.4 Å². The molecule has 1 N–H and O–H groups in total. The van der Waals surface area contributed by atoms with Gasteiger partial charge in [-0.25, -0.2) is 9.78 Å². The van der Waals surface area contributed by atoms with Crippen LogP contribution in [-0.2, 0) is 17.9 Å². The minimum atomic E-state index is -0.198. The second-order valence-electron chi connectivity index (χ2n) is 7.37. The summed E-state index contributed by atoms with van der Waals surface area (Å²) in [4.78, 5) is 32.4. The lowest BCUT2D eigenvalue weighted by Gasteiger charge is -2.17. The Hall–Kier alpha value is -3.39. The molecule has 0 saturated heterocycles. The first kappa shape index (κ1) is 19.9. The topological polar surface area (TPSA) is 70.5 Å². The first-order valence-corrected chi connectivity index (χ1v) is 10.4. The van der Waals surface area contributed by atoms with Crippen molar-refractivity contribution in [3.63, 3.8) is 0 Å². The lowest BCUT2D eigenvalue weighted by Crippen LogP contribution is -2.30. The number of likely N-dealkylation sites (N-methyl/N-ethyl adjacent to an activating group) is 1. The van der Waals surface area contributed by atoms with Crippen LogP contribution < -0.4 is 5.32 Å². The molecule has 3 amide bonds. The molecule has 0 aliphatic heterocycles. The van der Waals surface area contributed by atoms with Gasteiger partial charge in [0.25, 0.3) is 0 Å². The summed E-state index contributed by atoms with van der Waals surface area (Å²) in [5, 5.41) is 4.80. The number of hydrogen-bond donors (Lipinski definition) is 1. The predicted molar refractivity (Wildman–Crippen MR) is 121 cm³/mol. The molecule has 7 nitrogen and oxygen atoms in total. The van der Waals surface area contributed by atoms with Gasteiger partial charge in [0.1, 0.15) is 11.6 Å². The standard InChI is InChI=1S/C22H23N5O2S/c1-25(2)21(28)14-27-11-10-15-12-16(8-9-18(15)27)23-22(29)26(3)13-20-24-17-6-4-5-7-19(17)30-20/h4-12H,13-14H2,1-3H3,(H,23,29). The van der Waals surface area contributed by atoms with Gasteiger partial charge in [0.15, 0.2) is 0 Å². The Balaban J connectivity index is 1.43. The third-order valence-corrected chi connectivity index (χ3v) is 5.91. The Morgan fingerprint density at radius 2 is 1.90 bits per heavy atom. The van der Waals surface area contributed by atoms with E-state index in [0.717, 1.165) is 26.1 Å². The lowest BCUT2D eigenvalue weighted by atomic mass is 10.2. The number of fused-ring (bicyclic) bond motifs is 2. The molecule has 8 heteroatoms. The number of nitrogens with zero attached hydrogens (tertiary/aromatic N) is 4. The van der Waals surface area contributed by atoms with Gasteiger partial charge in [0, 0.05) is 43.9 Å². The number of hydrogen-bond acceptors (Lipinski definition) is 4. The molecule has 0 aliphatic rings. The number of nitrogens with one attached hydrogen (secondary N) is 1. The highest BCUT2D eigenvalue weighted by atomic mass is 32.1. The summed E-state index contributed by atoms with van der Waals surface area (Å²) in [5.41, 5.74) is 2.61. The van der Waals surface area contributed by atoms with Gasteiger partial charge in [-0.2, -0.15) is 0 Å². The molecule has 0 unspecified atom stereocenters. The van der Waals surface area contributed by atoms with Gasteiger partial charge in [-0.3, -0.25) is 4.79 Å². The first-order valence-electron chi connectivity index (χ1n) is 9.56. The quantitative estimate of drug-likeness (QED) is 0.529. The lowest BCUT2D eigenvalue weighted by molar-refractivity contribution is -0.129. The maximum atomic E-state index is 12.6. The third kappa shape index (κ3) is 4.13. The zero-order valence-electron chi connectivity index (χ0n) is 17.1. The summed E-state index contributed by atoms with van der Waals surface area (Å²) in [6, 6.07) is 15.4. The van der Waals surface area contributed by atoms with Gasteiger partial charge >= 0.3 is 6.03 Å². The van der Waals surface area contributed by atoms with Gasteiger partial charge in [-0.1, -0.05) is 12.1 Å². The summed E-state index contributed by atoms with van der Waals surface area (Å²) >= 11 is 1.59. The average Bonchev–Trinajstić information content (AvgIpc) is 3.30. The molecule has 2 heterocycles. The van der Waals surface area contributed by atoms with E-state index in [0.29, 0.717) is 12.2 Å². The number of carbonyl (C=O) groups is 2. The van der Waals surface area contributed by atoms with Crippen molar-refractivity contribution in [3.8, 4) is 0 Å². The van der Waals surface area contributed by atoms with Crippen LogP contribution >= 0.6 is 11.3 Å². The highest BCUT2D eigenvalue weighted by Crippen LogP contribution is 2.23.